The average molecular weight is 269 g/mol. The molecule has 0 amide bonds. The van der Waals surface area contributed by atoms with Crippen molar-refractivity contribution in [3.8, 4) is 6.07 Å². The van der Waals surface area contributed by atoms with Crippen molar-refractivity contribution in [3.63, 3.8) is 0 Å². The summed E-state index contributed by atoms with van der Waals surface area (Å²) in [5.41, 5.74) is -1.28. The summed E-state index contributed by atoms with van der Waals surface area (Å²) in [6.45, 7) is 1.91. The lowest BCUT2D eigenvalue weighted by molar-refractivity contribution is 0.0579. The van der Waals surface area contributed by atoms with Gasteiger partial charge in [0.05, 0.1) is 17.6 Å². The number of rotatable bonds is 3. The fraction of sp³-hybridized carbons (Fsp3) is 0.583. The zero-order chi connectivity index (χ0) is 13.4. The molecule has 1 fully saturated rings. The molecule has 6 heteroatoms. The van der Waals surface area contributed by atoms with Crippen LogP contribution in [0.4, 0.5) is 0 Å². The van der Waals surface area contributed by atoms with Crippen LogP contribution in [0.15, 0.2) is 16.5 Å². The SMILES string of the molecule is CCc1ccc(C(O)C2(C#N)CCS(=O)(=O)C2)o1. The molecule has 18 heavy (non-hydrogen) atoms. The van der Waals surface area contributed by atoms with E-state index in [4.69, 9.17) is 4.42 Å². The first-order valence-electron chi connectivity index (χ1n) is 5.81. The minimum absolute atomic E-state index is 0.0566. The predicted octanol–water partition coefficient (Wildman–Crippen LogP) is 1.20. The Morgan fingerprint density at radius 1 is 1.61 bits per heavy atom. The van der Waals surface area contributed by atoms with E-state index in [2.05, 4.69) is 0 Å². The molecule has 5 nitrogen and oxygen atoms in total. The van der Waals surface area contributed by atoms with Crippen LogP contribution in [-0.4, -0.2) is 25.0 Å². The molecule has 1 aliphatic heterocycles. The van der Waals surface area contributed by atoms with Gasteiger partial charge in [-0.1, -0.05) is 6.92 Å². The number of aliphatic hydroxyl groups is 1. The van der Waals surface area contributed by atoms with E-state index in [0.29, 0.717) is 12.2 Å². The molecule has 0 bridgehead atoms. The standard InChI is InChI=1S/C12H15NO4S/c1-2-9-3-4-10(17-9)11(14)12(7-13)5-6-18(15,16)8-12/h3-4,11,14H,2,5-6,8H2,1H3. The molecular formula is C12H15NO4S. The van der Waals surface area contributed by atoms with Crippen molar-refractivity contribution in [2.75, 3.05) is 11.5 Å². The van der Waals surface area contributed by atoms with Gasteiger partial charge in [0, 0.05) is 6.42 Å². The molecule has 1 saturated heterocycles. The maximum absolute atomic E-state index is 11.5. The number of aliphatic hydroxyl groups excluding tert-OH is 1. The highest BCUT2D eigenvalue weighted by atomic mass is 32.2. The first-order valence-corrected chi connectivity index (χ1v) is 7.63. The number of hydrogen-bond acceptors (Lipinski definition) is 5. The van der Waals surface area contributed by atoms with E-state index in [1.165, 1.54) is 0 Å². The summed E-state index contributed by atoms with van der Waals surface area (Å²) in [7, 11) is -3.24. The molecule has 0 radical (unpaired) electrons. The van der Waals surface area contributed by atoms with Gasteiger partial charge in [0.2, 0.25) is 0 Å². The van der Waals surface area contributed by atoms with Crippen LogP contribution in [-0.2, 0) is 16.3 Å². The second-order valence-electron chi connectivity index (χ2n) is 4.67. The Bertz CT molecular complexity index is 583. The van der Waals surface area contributed by atoms with Crippen LogP contribution in [0.1, 0.15) is 31.0 Å². The Balaban J connectivity index is 2.32. The molecule has 2 rings (SSSR count). The summed E-state index contributed by atoms with van der Waals surface area (Å²) in [6, 6.07) is 5.30. The highest BCUT2D eigenvalue weighted by molar-refractivity contribution is 7.91. The minimum atomic E-state index is -3.24. The van der Waals surface area contributed by atoms with Crippen molar-refractivity contribution in [1.29, 1.82) is 5.26 Å². The van der Waals surface area contributed by atoms with Crippen LogP contribution in [0.25, 0.3) is 0 Å². The normalized spacial score (nSPS) is 27.8. The topological polar surface area (TPSA) is 91.3 Å². The number of nitrogens with zero attached hydrogens (tertiary/aromatic N) is 1. The summed E-state index contributed by atoms with van der Waals surface area (Å²) < 4.78 is 28.4. The number of aryl methyl sites for hydroxylation is 1. The number of furan rings is 1. The van der Waals surface area contributed by atoms with Crippen LogP contribution in [0.2, 0.25) is 0 Å². The molecular weight excluding hydrogens is 254 g/mol. The predicted molar refractivity (Wildman–Crippen MR) is 64.4 cm³/mol. The van der Waals surface area contributed by atoms with Gasteiger partial charge in [-0.25, -0.2) is 8.42 Å². The van der Waals surface area contributed by atoms with Gasteiger partial charge < -0.3 is 9.52 Å². The zero-order valence-corrected chi connectivity index (χ0v) is 10.9. The third-order valence-electron chi connectivity index (χ3n) is 3.38. The van der Waals surface area contributed by atoms with Gasteiger partial charge >= 0.3 is 0 Å². The van der Waals surface area contributed by atoms with Crippen molar-refractivity contribution in [3.05, 3.63) is 23.7 Å². The fourth-order valence-corrected chi connectivity index (χ4v) is 4.21. The van der Waals surface area contributed by atoms with E-state index in [9.17, 15) is 18.8 Å². The van der Waals surface area contributed by atoms with E-state index in [1.807, 2.05) is 13.0 Å². The number of hydrogen-bond donors (Lipinski definition) is 1. The van der Waals surface area contributed by atoms with Crippen LogP contribution < -0.4 is 0 Å². The lowest BCUT2D eigenvalue weighted by Crippen LogP contribution is -2.28. The van der Waals surface area contributed by atoms with Crippen molar-refractivity contribution in [1.82, 2.24) is 0 Å². The van der Waals surface area contributed by atoms with Crippen molar-refractivity contribution in [2.45, 2.75) is 25.9 Å². The smallest absolute Gasteiger partial charge is 0.152 e. The van der Waals surface area contributed by atoms with Crippen molar-refractivity contribution in [2.24, 2.45) is 5.41 Å². The van der Waals surface area contributed by atoms with Gasteiger partial charge in [0.1, 0.15) is 23.0 Å². The maximum atomic E-state index is 11.5. The van der Waals surface area contributed by atoms with Gasteiger partial charge in [-0.3, -0.25) is 0 Å². The summed E-state index contributed by atoms with van der Waals surface area (Å²) in [5.74, 6) is 0.613. The largest absolute Gasteiger partial charge is 0.463 e. The van der Waals surface area contributed by atoms with E-state index >= 15 is 0 Å². The Hall–Kier alpha value is -1.32. The molecule has 1 aromatic heterocycles. The molecule has 1 N–H and O–H groups in total. The fourth-order valence-electron chi connectivity index (χ4n) is 2.24. The Morgan fingerprint density at radius 3 is 2.78 bits per heavy atom. The molecule has 0 spiro atoms. The van der Waals surface area contributed by atoms with E-state index < -0.39 is 21.4 Å². The molecule has 2 unspecified atom stereocenters. The molecule has 0 aromatic carbocycles. The van der Waals surface area contributed by atoms with E-state index in [0.717, 1.165) is 0 Å². The average Bonchev–Trinajstić information content (AvgIpc) is 2.93. The third kappa shape index (κ3) is 2.16. The lowest BCUT2D eigenvalue weighted by atomic mass is 9.82. The first-order chi connectivity index (χ1) is 8.42. The van der Waals surface area contributed by atoms with Gasteiger partial charge in [0.25, 0.3) is 0 Å². The van der Waals surface area contributed by atoms with Gasteiger partial charge in [0.15, 0.2) is 9.84 Å². The highest BCUT2D eigenvalue weighted by Gasteiger charge is 2.49. The molecule has 0 saturated carbocycles. The Labute approximate surface area is 106 Å². The van der Waals surface area contributed by atoms with Crippen LogP contribution in [0.3, 0.4) is 0 Å². The van der Waals surface area contributed by atoms with Gasteiger partial charge in [-0.05, 0) is 18.6 Å². The molecule has 98 valence electrons. The summed E-state index contributed by atoms with van der Waals surface area (Å²) >= 11 is 0. The molecule has 2 heterocycles. The van der Waals surface area contributed by atoms with Gasteiger partial charge in [-0.15, -0.1) is 0 Å². The van der Waals surface area contributed by atoms with E-state index in [-0.39, 0.29) is 23.7 Å². The number of sulfone groups is 1. The van der Waals surface area contributed by atoms with Crippen LogP contribution >= 0.6 is 0 Å². The van der Waals surface area contributed by atoms with Crippen molar-refractivity contribution < 1.29 is 17.9 Å². The second-order valence-corrected chi connectivity index (χ2v) is 6.85. The maximum Gasteiger partial charge on any atom is 0.152 e. The van der Waals surface area contributed by atoms with E-state index in [1.54, 1.807) is 12.1 Å². The monoisotopic (exact) mass is 269 g/mol. The Morgan fingerprint density at radius 2 is 2.33 bits per heavy atom. The number of nitriles is 1. The third-order valence-corrected chi connectivity index (χ3v) is 5.16. The van der Waals surface area contributed by atoms with Gasteiger partial charge in [-0.2, -0.15) is 5.26 Å². The van der Waals surface area contributed by atoms with Crippen LogP contribution in [0.5, 0.6) is 0 Å². The van der Waals surface area contributed by atoms with Crippen LogP contribution in [0, 0.1) is 16.7 Å². The summed E-state index contributed by atoms with van der Waals surface area (Å²) in [4.78, 5) is 0. The zero-order valence-electron chi connectivity index (χ0n) is 10.1. The molecule has 1 aromatic rings. The quantitative estimate of drug-likeness (QED) is 0.890. The molecule has 2 atom stereocenters. The second kappa shape index (κ2) is 4.41. The summed E-state index contributed by atoms with van der Waals surface area (Å²) in [6.07, 6.45) is -0.361. The minimum Gasteiger partial charge on any atom is -0.463 e. The summed E-state index contributed by atoms with van der Waals surface area (Å²) in [5, 5.41) is 19.5. The molecule has 0 aliphatic carbocycles. The van der Waals surface area contributed by atoms with Crippen molar-refractivity contribution >= 4 is 9.84 Å². The lowest BCUT2D eigenvalue weighted by Gasteiger charge is -2.23. The molecule has 1 aliphatic rings. The Kier molecular flexibility index (Phi) is 3.21. The highest BCUT2D eigenvalue weighted by Crippen LogP contribution is 2.43. The first kappa shape index (κ1) is 13.1.